The number of carbonyl (C=O) groups is 1. The van der Waals surface area contributed by atoms with Crippen molar-refractivity contribution in [2.24, 2.45) is 0 Å². The molecule has 1 amide bonds. The number of nitrogens with one attached hydrogen (secondary N) is 1. The smallest absolute Gasteiger partial charge is 0.292 e. The van der Waals surface area contributed by atoms with Crippen molar-refractivity contribution in [2.75, 3.05) is 18.4 Å². The molecule has 0 heterocycles. The topological polar surface area (TPSA) is 99.3 Å². The van der Waals surface area contributed by atoms with Crippen LogP contribution in [0, 0.1) is 21.4 Å². The summed E-state index contributed by atoms with van der Waals surface area (Å²) in [6.07, 6.45) is 4.22. The lowest BCUT2D eigenvalue weighted by atomic mass is 10.2. The Morgan fingerprint density at radius 2 is 1.96 bits per heavy atom. The van der Waals surface area contributed by atoms with Gasteiger partial charge in [-0.2, -0.15) is 5.26 Å². The Balaban J connectivity index is 3.02. The molecule has 7 heteroatoms. The standard InChI is InChI=1S/C16H16N4O3/c1-3-9-19(10-4-2)16(21)13(11-17)12-18-14-7-5-6-8-15(14)20(22)23/h3-8,12,18H,1-2,9-10H2/b13-12-. The second-order valence-corrected chi connectivity index (χ2v) is 4.38. The Hall–Kier alpha value is -3.40. The molecule has 0 atom stereocenters. The minimum Gasteiger partial charge on any atom is -0.355 e. The molecule has 0 aliphatic carbocycles. The Morgan fingerprint density at radius 1 is 1.35 bits per heavy atom. The van der Waals surface area contributed by atoms with Crippen molar-refractivity contribution in [1.82, 2.24) is 4.90 Å². The zero-order chi connectivity index (χ0) is 17.2. The molecule has 0 saturated heterocycles. The molecule has 0 saturated carbocycles. The van der Waals surface area contributed by atoms with Gasteiger partial charge in [0.05, 0.1) is 4.92 Å². The first-order chi connectivity index (χ1) is 11.0. The molecule has 1 aromatic carbocycles. The maximum atomic E-state index is 12.3. The van der Waals surface area contributed by atoms with Crippen LogP contribution in [-0.4, -0.2) is 28.8 Å². The van der Waals surface area contributed by atoms with Gasteiger partial charge in [0.2, 0.25) is 0 Å². The summed E-state index contributed by atoms with van der Waals surface area (Å²) in [6.45, 7) is 7.63. The number of nitro groups is 1. The van der Waals surface area contributed by atoms with Crippen LogP contribution in [0.25, 0.3) is 0 Å². The zero-order valence-corrected chi connectivity index (χ0v) is 12.4. The van der Waals surface area contributed by atoms with E-state index in [1.165, 1.54) is 35.3 Å². The number of amides is 1. The minimum absolute atomic E-state index is 0.150. The molecule has 0 unspecified atom stereocenters. The third-order valence-electron chi connectivity index (χ3n) is 2.81. The number of hydrogen-bond acceptors (Lipinski definition) is 5. The molecule has 0 bridgehead atoms. The van der Waals surface area contributed by atoms with Gasteiger partial charge in [-0.05, 0) is 6.07 Å². The summed E-state index contributed by atoms with van der Waals surface area (Å²) in [4.78, 5) is 24.0. The SMILES string of the molecule is C=CCN(CC=C)C(=O)/C(C#N)=C\Nc1ccccc1[N+](=O)[O-]. The summed E-state index contributed by atoms with van der Waals surface area (Å²) in [6, 6.07) is 7.73. The van der Waals surface area contributed by atoms with Crippen LogP contribution >= 0.6 is 0 Å². The molecule has 0 fully saturated rings. The maximum absolute atomic E-state index is 12.3. The van der Waals surface area contributed by atoms with Crippen molar-refractivity contribution in [2.45, 2.75) is 0 Å². The van der Waals surface area contributed by atoms with E-state index in [1.807, 2.05) is 0 Å². The Morgan fingerprint density at radius 3 is 2.48 bits per heavy atom. The van der Waals surface area contributed by atoms with Crippen molar-refractivity contribution in [3.05, 3.63) is 71.5 Å². The van der Waals surface area contributed by atoms with Gasteiger partial charge in [-0.15, -0.1) is 13.2 Å². The van der Waals surface area contributed by atoms with Crippen molar-refractivity contribution in [3.8, 4) is 6.07 Å². The summed E-state index contributed by atoms with van der Waals surface area (Å²) in [5, 5.41) is 22.7. The first kappa shape index (κ1) is 17.7. The fraction of sp³-hybridized carbons (Fsp3) is 0.125. The third kappa shape index (κ3) is 4.82. The largest absolute Gasteiger partial charge is 0.355 e. The zero-order valence-electron chi connectivity index (χ0n) is 12.4. The highest BCUT2D eigenvalue weighted by molar-refractivity contribution is 5.97. The molecule has 7 nitrogen and oxygen atoms in total. The van der Waals surface area contributed by atoms with Crippen LogP contribution in [0.15, 0.2) is 61.3 Å². The third-order valence-corrected chi connectivity index (χ3v) is 2.81. The average Bonchev–Trinajstić information content (AvgIpc) is 2.55. The number of anilines is 1. The van der Waals surface area contributed by atoms with Gasteiger partial charge in [-0.3, -0.25) is 14.9 Å². The summed E-state index contributed by atoms with van der Waals surface area (Å²) >= 11 is 0. The fourth-order valence-electron chi connectivity index (χ4n) is 1.77. The van der Waals surface area contributed by atoms with Gasteiger partial charge in [-0.25, -0.2) is 0 Å². The molecule has 23 heavy (non-hydrogen) atoms. The Bertz CT molecular complexity index is 679. The number of carbonyl (C=O) groups excluding carboxylic acids is 1. The van der Waals surface area contributed by atoms with Crippen molar-refractivity contribution in [1.29, 1.82) is 5.26 Å². The number of rotatable bonds is 8. The molecule has 1 aromatic rings. The average molecular weight is 312 g/mol. The molecule has 0 aliphatic rings. The van der Waals surface area contributed by atoms with Crippen LogP contribution in [0.4, 0.5) is 11.4 Å². The van der Waals surface area contributed by atoms with E-state index in [2.05, 4.69) is 18.5 Å². The molecular weight excluding hydrogens is 296 g/mol. The highest BCUT2D eigenvalue weighted by atomic mass is 16.6. The fourth-order valence-corrected chi connectivity index (χ4v) is 1.77. The number of para-hydroxylation sites is 2. The van der Waals surface area contributed by atoms with E-state index in [4.69, 9.17) is 5.26 Å². The summed E-state index contributed by atoms with van der Waals surface area (Å²) in [5.74, 6) is -0.515. The molecular formula is C16H16N4O3. The van der Waals surface area contributed by atoms with E-state index in [-0.39, 0.29) is 30.0 Å². The first-order valence-electron chi connectivity index (χ1n) is 6.66. The van der Waals surface area contributed by atoms with Gasteiger partial charge in [0.1, 0.15) is 17.3 Å². The van der Waals surface area contributed by atoms with Crippen LogP contribution in [-0.2, 0) is 4.79 Å². The van der Waals surface area contributed by atoms with Crippen LogP contribution in [0.2, 0.25) is 0 Å². The lowest BCUT2D eigenvalue weighted by Gasteiger charge is -2.18. The van der Waals surface area contributed by atoms with Gasteiger partial charge in [-0.1, -0.05) is 24.3 Å². The Labute approximate surface area is 134 Å². The quantitative estimate of drug-likeness (QED) is 0.261. The van der Waals surface area contributed by atoms with Gasteiger partial charge >= 0.3 is 0 Å². The van der Waals surface area contributed by atoms with E-state index in [0.29, 0.717) is 0 Å². The van der Waals surface area contributed by atoms with Crippen LogP contribution in [0.1, 0.15) is 0 Å². The minimum atomic E-state index is -0.550. The molecule has 0 aromatic heterocycles. The van der Waals surface area contributed by atoms with Crippen molar-refractivity contribution >= 4 is 17.3 Å². The van der Waals surface area contributed by atoms with Crippen LogP contribution in [0.5, 0.6) is 0 Å². The summed E-state index contributed by atoms with van der Waals surface area (Å²) in [7, 11) is 0. The molecule has 1 rings (SSSR count). The number of nitriles is 1. The highest BCUT2D eigenvalue weighted by Gasteiger charge is 2.17. The number of nitrogens with zero attached hydrogens (tertiary/aromatic N) is 3. The second-order valence-electron chi connectivity index (χ2n) is 4.38. The second kappa shape index (κ2) is 8.79. The number of nitro benzene ring substituents is 1. The number of hydrogen-bond donors (Lipinski definition) is 1. The van der Waals surface area contributed by atoms with E-state index in [9.17, 15) is 14.9 Å². The van der Waals surface area contributed by atoms with E-state index in [0.717, 1.165) is 6.20 Å². The monoisotopic (exact) mass is 312 g/mol. The predicted octanol–water partition coefficient (Wildman–Crippen LogP) is 2.61. The van der Waals surface area contributed by atoms with Crippen molar-refractivity contribution < 1.29 is 9.72 Å². The van der Waals surface area contributed by atoms with Crippen molar-refractivity contribution in [3.63, 3.8) is 0 Å². The first-order valence-corrected chi connectivity index (χ1v) is 6.66. The van der Waals surface area contributed by atoms with E-state index < -0.39 is 10.8 Å². The van der Waals surface area contributed by atoms with Gasteiger partial charge in [0.15, 0.2) is 0 Å². The molecule has 0 radical (unpaired) electrons. The molecule has 0 spiro atoms. The number of benzene rings is 1. The van der Waals surface area contributed by atoms with Crippen LogP contribution < -0.4 is 5.32 Å². The van der Waals surface area contributed by atoms with Gasteiger partial charge < -0.3 is 10.2 Å². The maximum Gasteiger partial charge on any atom is 0.292 e. The molecule has 0 aliphatic heterocycles. The summed E-state index contributed by atoms with van der Waals surface area (Å²) in [5.41, 5.74) is -0.133. The lowest BCUT2D eigenvalue weighted by Crippen LogP contribution is -2.32. The van der Waals surface area contributed by atoms with Gasteiger partial charge in [0.25, 0.3) is 11.6 Å². The predicted molar refractivity (Wildman–Crippen MR) is 87.4 cm³/mol. The molecule has 1 N–H and O–H groups in total. The summed E-state index contributed by atoms with van der Waals surface area (Å²) < 4.78 is 0. The van der Waals surface area contributed by atoms with E-state index >= 15 is 0 Å². The van der Waals surface area contributed by atoms with Crippen LogP contribution in [0.3, 0.4) is 0 Å². The van der Waals surface area contributed by atoms with E-state index in [1.54, 1.807) is 12.1 Å². The van der Waals surface area contributed by atoms with Gasteiger partial charge in [0, 0.05) is 25.4 Å². The highest BCUT2D eigenvalue weighted by Crippen LogP contribution is 2.23. The molecule has 118 valence electrons. The Kier molecular flexibility index (Phi) is 6.75. The lowest BCUT2D eigenvalue weighted by molar-refractivity contribution is -0.383. The normalized spacial score (nSPS) is 10.3.